The topological polar surface area (TPSA) is 55.6 Å². The largest absolute Gasteiger partial charge is 0.389 e. The number of carbonyl (C=O) groups is 1. The number of amides is 1. The Hall–Kier alpha value is -1.46. The summed E-state index contributed by atoms with van der Waals surface area (Å²) in [5, 5.41) is 0. The Labute approximate surface area is 112 Å². The predicted octanol–water partition coefficient (Wildman–Crippen LogP) is 0.988. The normalized spacial score (nSPS) is 15.8. The summed E-state index contributed by atoms with van der Waals surface area (Å²) in [7, 11) is 0. The van der Waals surface area contributed by atoms with E-state index in [9.17, 15) is 4.79 Å². The van der Waals surface area contributed by atoms with Gasteiger partial charge in [-0.15, -0.1) is 0 Å². The van der Waals surface area contributed by atoms with Gasteiger partial charge in [0.05, 0.1) is 6.61 Å². The van der Waals surface area contributed by atoms with E-state index in [0.717, 1.165) is 16.7 Å². The van der Waals surface area contributed by atoms with Gasteiger partial charge < -0.3 is 15.4 Å². The Kier molecular flexibility index (Phi) is 3.93. The Bertz CT molecular complexity index is 488. The van der Waals surface area contributed by atoms with Gasteiger partial charge in [-0.3, -0.25) is 4.79 Å². The Morgan fingerprint density at radius 2 is 2.33 bits per heavy atom. The highest BCUT2D eigenvalue weighted by molar-refractivity contribution is 7.80. The van der Waals surface area contributed by atoms with E-state index in [1.54, 1.807) is 0 Å². The third-order valence-corrected chi connectivity index (χ3v) is 3.31. The first-order valence-corrected chi connectivity index (χ1v) is 6.23. The molecule has 5 heteroatoms. The number of rotatable bonds is 3. The minimum absolute atomic E-state index is 0.0408. The number of morpholine rings is 1. The summed E-state index contributed by atoms with van der Waals surface area (Å²) in [6.07, 6.45) is 0. The molecule has 4 nitrogen and oxygen atoms in total. The van der Waals surface area contributed by atoms with Crippen LogP contribution in [0, 0.1) is 6.92 Å². The van der Waals surface area contributed by atoms with Gasteiger partial charge >= 0.3 is 0 Å². The van der Waals surface area contributed by atoms with Crippen LogP contribution in [0.2, 0.25) is 0 Å². The molecular weight excluding hydrogens is 248 g/mol. The first-order chi connectivity index (χ1) is 8.58. The van der Waals surface area contributed by atoms with Crippen molar-refractivity contribution < 1.29 is 9.53 Å². The first kappa shape index (κ1) is 13.0. The fourth-order valence-corrected chi connectivity index (χ4v) is 2.08. The molecule has 0 saturated carbocycles. The molecule has 0 aliphatic carbocycles. The van der Waals surface area contributed by atoms with Crippen LogP contribution in [0.1, 0.15) is 16.7 Å². The summed E-state index contributed by atoms with van der Waals surface area (Å²) in [4.78, 5) is 13.9. The van der Waals surface area contributed by atoms with Gasteiger partial charge in [0.25, 0.3) is 0 Å². The van der Waals surface area contributed by atoms with Crippen molar-refractivity contribution in [2.24, 2.45) is 5.73 Å². The summed E-state index contributed by atoms with van der Waals surface area (Å²) in [5.74, 6) is 0.0408. The third kappa shape index (κ3) is 2.86. The van der Waals surface area contributed by atoms with E-state index in [1.807, 2.05) is 30.0 Å². The van der Waals surface area contributed by atoms with Gasteiger partial charge in [0.15, 0.2) is 0 Å². The standard InChI is InChI=1S/C13H16N2O2S/c1-9-6-10(13(14)18)2-3-11(9)7-15-4-5-17-8-12(15)16/h2-3,6H,4-5,7-8H2,1H3,(H2,14,18). The Morgan fingerprint density at radius 1 is 1.56 bits per heavy atom. The van der Waals surface area contributed by atoms with Crippen LogP contribution in [0.5, 0.6) is 0 Å². The molecule has 0 spiro atoms. The molecule has 1 aliphatic heterocycles. The van der Waals surface area contributed by atoms with Crippen molar-refractivity contribution in [3.05, 3.63) is 34.9 Å². The molecule has 1 heterocycles. The number of ether oxygens (including phenoxy) is 1. The molecule has 1 aliphatic rings. The zero-order chi connectivity index (χ0) is 13.1. The van der Waals surface area contributed by atoms with Crippen LogP contribution in [0.3, 0.4) is 0 Å². The highest BCUT2D eigenvalue weighted by atomic mass is 32.1. The predicted molar refractivity (Wildman–Crippen MR) is 73.3 cm³/mol. The van der Waals surface area contributed by atoms with Crippen LogP contribution in [-0.2, 0) is 16.1 Å². The van der Waals surface area contributed by atoms with Gasteiger partial charge in [0.2, 0.25) is 5.91 Å². The summed E-state index contributed by atoms with van der Waals surface area (Å²) in [6.45, 7) is 4.06. The average molecular weight is 264 g/mol. The number of nitrogens with zero attached hydrogens (tertiary/aromatic N) is 1. The molecule has 96 valence electrons. The molecule has 0 atom stereocenters. The minimum atomic E-state index is 0.0408. The molecule has 1 aromatic carbocycles. The maximum Gasteiger partial charge on any atom is 0.248 e. The highest BCUT2D eigenvalue weighted by Gasteiger charge is 2.19. The van der Waals surface area contributed by atoms with Crippen molar-refractivity contribution in [2.75, 3.05) is 19.8 Å². The number of nitrogens with two attached hydrogens (primary N) is 1. The lowest BCUT2D eigenvalue weighted by molar-refractivity contribution is -0.143. The monoisotopic (exact) mass is 264 g/mol. The molecule has 0 unspecified atom stereocenters. The highest BCUT2D eigenvalue weighted by Crippen LogP contribution is 2.15. The fraction of sp³-hybridized carbons (Fsp3) is 0.385. The summed E-state index contributed by atoms with van der Waals surface area (Å²) in [5.41, 5.74) is 8.66. The van der Waals surface area contributed by atoms with Crippen LogP contribution < -0.4 is 5.73 Å². The van der Waals surface area contributed by atoms with Gasteiger partial charge in [-0.1, -0.05) is 24.4 Å². The molecule has 1 amide bonds. The van der Waals surface area contributed by atoms with E-state index < -0.39 is 0 Å². The number of carbonyl (C=O) groups excluding carboxylic acids is 1. The second kappa shape index (κ2) is 5.46. The second-order valence-electron chi connectivity index (χ2n) is 4.37. The number of thiocarbonyl (C=S) groups is 1. The molecule has 1 aromatic rings. The van der Waals surface area contributed by atoms with Gasteiger partial charge in [0.1, 0.15) is 11.6 Å². The molecule has 0 aromatic heterocycles. The molecular formula is C13H16N2O2S. The van der Waals surface area contributed by atoms with Gasteiger partial charge in [-0.05, 0) is 24.1 Å². The minimum Gasteiger partial charge on any atom is -0.389 e. The summed E-state index contributed by atoms with van der Waals surface area (Å²) in [6, 6.07) is 5.84. The van der Waals surface area contributed by atoms with Crippen LogP contribution in [-0.4, -0.2) is 35.6 Å². The zero-order valence-electron chi connectivity index (χ0n) is 10.3. The molecule has 0 radical (unpaired) electrons. The van der Waals surface area contributed by atoms with Crippen molar-refractivity contribution in [3.63, 3.8) is 0 Å². The smallest absolute Gasteiger partial charge is 0.248 e. The van der Waals surface area contributed by atoms with E-state index in [4.69, 9.17) is 22.7 Å². The molecule has 0 bridgehead atoms. The number of hydrogen-bond acceptors (Lipinski definition) is 3. The fourth-order valence-electron chi connectivity index (χ4n) is 1.95. The van der Waals surface area contributed by atoms with Crippen LogP contribution in [0.15, 0.2) is 18.2 Å². The molecule has 2 rings (SSSR count). The molecule has 1 fully saturated rings. The van der Waals surface area contributed by atoms with E-state index in [1.165, 1.54) is 0 Å². The lowest BCUT2D eigenvalue weighted by atomic mass is 10.0. The maximum atomic E-state index is 11.6. The van der Waals surface area contributed by atoms with Gasteiger partial charge in [-0.25, -0.2) is 0 Å². The lowest BCUT2D eigenvalue weighted by Gasteiger charge is -2.27. The Balaban J connectivity index is 2.14. The second-order valence-corrected chi connectivity index (χ2v) is 4.81. The number of hydrogen-bond donors (Lipinski definition) is 1. The third-order valence-electron chi connectivity index (χ3n) is 3.07. The lowest BCUT2D eigenvalue weighted by Crippen LogP contribution is -2.41. The SMILES string of the molecule is Cc1cc(C(N)=S)ccc1CN1CCOCC1=O. The number of aryl methyl sites for hydroxylation is 1. The van der Waals surface area contributed by atoms with Crippen LogP contribution in [0.25, 0.3) is 0 Å². The maximum absolute atomic E-state index is 11.6. The van der Waals surface area contributed by atoms with Crippen LogP contribution in [0.4, 0.5) is 0 Å². The molecule has 2 N–H and O–H groups in total. The summed E-state index contributed by atoms with van der Waals surface area (Å²) < 4.78 is 5.11. The van der Waals surface area contributed by atoms with Crippen molar-refractivity contribution in [1.82, 2.24) is 4.90 Å². The van der Waals surface area contributed by atoms with Crippen molar-refractivity contribution in [3.8, 4) is 0 Å². The van der Waals surface area contributed by atoms with Crippen LogP contribution >= 0.6 is 12.2 Å². The Morgan fingerprint density at radius 3 is 2.94 bits per heavy atom. The van der Waals surface area contributed by atoms with Crippen molar-refractivity contribution in [1.29, 1.82) is 0 Å². The van der Waals surface area contributed by atoms with E-state index in [-0.39, 0.29) is 12.5 Å². The summed E-state index contributed by atoms with van der Waals surface area (Å²) >= 11 is 4.94. The van der Waals surface area contributed by atoms with E-state index in [2.05, 4.69) is 0 Å². The van der Waals surface area contributed by atoms with Crippen molar-refractivity contribution in [2.45, 2.75) is 13.5 Å². The van der Waals surface area contributed by atoms with E-state index in [0.29, 0.717) is 24.7 Å². The molecule has 1 saturated heterocycles. The van der Waals surface area contributed by atoms with Crippen molar-refractivity contribution >= 4 is 23.1 Å². The zero-order valence-corrected chi connectivity index (χ0v) is 11.1. The first-order valence-electron chi connectivity index (χ1n) is 5.83. The van der Waals surface area contributed by atoms with Gasteiger partial charge in [0, 0.05) is 18.7 Å². The molecule has 18 heavy (non-hydrogen) atoms. The average Bonchev–Trinajstić information content (AvgIpc) is 2.34. The quantitative estimate of drug-likeness (QED) is 0.827. The van der Waals surface area contributed by atoms with Gasteiger partial charge in [-0.2, -0.15) is 0 Å². The van der Waals surface area contributed by atoms with E-state index >= 15 is 0 Å². The number of benzene rings is 1.